The Bertz CT molecular complexity index is 710. The summed E-state index contributed by atoms with van der Waals surface area (Å²) in [6.45, 7) is 9.79. The maximum absolute atomic E-state index is 12.0. The molecule has 1 aliphatic heterocycles. The van der Waals surface area contributed by atoms with E-state index in [0.717, 1.165) is 25.2 Å². The van der Waals surface area contributed by atoms with Crippen LogP contribution in [0.4, 0.5) is 0 Å². The Hall–Kier alpha value is -2.21. The molecule has 0 spiro atoms. The highest BCUT2D eigenvalue weighted by molar-refractivity contribution is 5.74. The molecule has 0 unspecified atom stereocenters. The zero-order valence-electron chi connectivity index (χ0n) is 14.6. The van der Waals surface area contributed by atoms with Crippen LogP contribution in [0.2, 0.25) is 0 Å². The molecule has 0 amide bonds. The summed E-state index contributed by atoms with van der Waals surface area (Å²) < 4.78 is 10.4. The first kappa shape index (κ1) is 16.6. The van der Waals surface area contributed by atoms with Crippen molar-refractivity contribution in [1.29, 1.82) is 0 Å². The van der Waals surface area contributed by atoms with Crippen molar-refractivity contribution in [2.45, 2.75) is 39.8 Å². The van der Waals surface area contributed by atoms with E-state index in [0.29, 0.717) is 11.7 Å². The van der Waals surface area contributed by atoms with Gasteiger partial charge in [0.15, 0.2) is 0 Å². The van der Waals surface area contributed by atoms with Gasteiger partial charge in [-0.3, -0.25) is 9.69 Å². The van der Waals surface area contributed by atoms with Gasteiger partial charge >= 0.3 is 5.97 Å². The van der Waals surface area contributed by atoms with E-state index >= 15 is 0 Å². The number of likely N-dealkylation sites (tertiary alicyclic amines) is 1. The van der Waals surface area contributed by atoms with Crippen LogP contribution in [0.3, 0.4) is 0 Å². The average molecular weight is 329 g/mol. The lowest BCUT2D eigenvalue weighted by Crippen LogP contribution is -2.51. The van der Waals surface area contributed by atoms with Crippen molar-refractivity contribution in [3.63, 3.8) is 0 Å². The molecule has 128 valence electrons. The molecule has 1 aliphatic rings. The average Bonchev–Trinajstić information content (AvgIpc) is 2.87. The SMILES string of the molecule is Cc1nc(-c2ccc(CN3CC(C(=O)OC(C)(C)C)C3)cc2)no1. The van der Waals surface area contributed by atoms with Crippen molar-refractivity contribution < 1.29 is 14.1 Å². The largest absolute Gasteiger partial charge is 0.460 e. The monoisotopic (exact) mass is 329 g/mol. The molecule has 0 atom stereocenters. The first-order valence-corrected chi connectivity index (χ1v) is 8.15. The second-order valence-corrected chi connectivity index (χ2v) is 7.26. The molecular formula is C18H23N3O3. The molecule has 1 saturated heterocycles. The fraction of sp³-hybridized carbons (Fsp3) is 0.500. The van der Waals surface area contributed by atoms with Gasteiger partial charge in [-0.2, -0.15) is 4.98 Å². The Morgan fingerprint density at radius 3 is 2.50 bits per heavy atom. The Labute approximate surface area is 141 Å². The molecule has 6 heteroatoms. The molecular weight excluding hydrogens is 306 g/mol. The quantitative estimate of drug-likeness (QED) is 0.804. The third-order valence-corrected chi connectivity index (χ3v) is 3.84. The molecule has 0 aliphatic carbocycles. The van der Waals surface area contributed by atoms with E-state index in [9.17, 15) is 4.79 Å². The van der Waals surface area contributed by atoms with Gasteiger partial charge in [-0.1, -0.05) is 29.4 Å². The van der Waals surface area contributed by atoms with Crippen molar-refractivity contribution in [2.24, 2.45) is 5.92 Å². The fourth-order valence-corrected chi connectivity index (χ4v) is 2.67. The van der Waals surface area contributed by atoms with Gasteiger partial charge in [0.2, 0.25) is 11.7 Å². The fourth-order valence-electron chi connectivity index (χ4n) is 2.67. The lowest BCUT2D eigenvalue weighted by molar-refractivity contribution is -0.166. The zero-order valence-corrected chi connectivity index (χ0v) is 14.6. The number of benzene rings is 1. The summed E-state index contributed by atoms with van der Waals surface area (Å²) in [7, 11) is 0. The molecule has 24 heavy (non-hydrogen) atoms. The number of ether oxygens (including phenoxy) is 1. The number of hydrogen-bond donors (Lipinski definition) is 0. The van der Waals surface area contributed by atoms with E-state index in [1.807, 2.05) is 32.9 Å². The highest BCUT2D eigenvalue weighted by Crippen LogP contribution is 2.23. The minimum atomic E-state index is -0.416. The van der Waals surface area contributed by atoms with E-state index in [1.54, 1.807) is 6.92 Å². The van der Waals surface area contributed by atoms with E-state index in [2.05, 4.69) is 27.2 Å². The first-order chi connectivity index (χ1) is 11.3. The van der Waals surface area contributed by atoms with E-state index in [-0.39, 0.29) is 11.9 Å². The maximum atomic E-state index is 12.0. The Morgan fingerprint density at radius 1 is 1.29 bits per heavy atom. The highest BCUT2D eigenvalue weighted by Gasteiger charge is 2.35. The molecule has 0 saturated carbocycles. The molecule has 6 nitrogen and oxygen atoms in total. The predicted molar refractivity (Wildman–Crippen MR) is 89.1 cm³/mol. The molecule has 3 rings (SSSR count). The molecule has 0 N–H and O–H groups in total. The number of carbonyl (C=O) groups is 1. The van der Waals surface area contributed by atoms with E-state index in [1.165, 1.54) is 5.56 Å². The first-order valence-electron chi connectivity index (χ1n) is 8.15. The van der Waals surface area contributed by atoms with Crippen molar-refractivity contribution in [3.05, 3.63) is 35.7 Å². The minimum Gasteiger partial charge on any atom is -0.460 e. The van der Waals surface area contributed by atoms with Gasteiger partial charge in [0.05, 0.1) is 5.92 Å². The second-order valence-electron chi connectivity index (χ2n) is 7.26. The summed E-state index contributed by atoms with van der Waals surface area (Å²) in [5.41, 5.74) is 1.72. The molecule has 1 aromatic carbocycles. The van der Waals surface area contributed by atoms with Gasteiger partial charge in [0, 0.05) is 32.1 Å². The molecule has 2 heterocycles. The van der Waals surface area contributed by atoms with Gasteiger partial charge < -0.3 is 9.26 Å². The van der Waals surface area contributed by atoms with Crippen LogP contribution in [0.15, 0.2) is 28.8 Å². The molecule has 1 aromatic heterocycles. The van der Waals surface area contributed by atoms with E-state index < -0.39 is 5.60 Å². The summed E-state index contributed by atoms with van der Waals surface area (Å²) in [5, 5.41) is 3.91. The highest BCUT2D eigenvalue weighted by atomic mass is 16.6. The van der Waals surface area contributed by atoms with Gasteiger partial charge in [-0.25, -0.2) is 0 Å². The maximum Gasteiger partial charge on any atom is 0.312 e. The number of rotatable bonds is 4. The van der Waals surface area contributed by atoms with Crippen molar-refractivity contribution >= 4 is 5.97 Å². The van der Waals surface area contributed by atoms with Crippen LogP contribution in [0.25, 0.3) is 11.4 Å². The van der Waals surface area contributed by atoms with Crippen LogP contribution in [-0.2, 0) is 16.1 Å². The van der Waals surface area contributed by atoms with Gasteiger partial charge in [-0.05, 0) is 26.3 Å². The predicted octanol–water partition coefficient (Wildman–Crippen LogP) is 2.82. The van der Waals surface area contributed by atoms with Crippen LogP contribution in [-0.4, -0.2) is 39.7 Å². The number of carbonyl (C=O) groups excluding carboxylic acids is 1. The summed E-state index contributed by atoms with van der Waals surface area (Å²) in [5.74, 6) is 1.06. The Kier molecular flexibility index (Phi) is 4.41. The molecule has 0 bridgehead atoms. The lowest BCUT2D eigenvalue weighted by Gasteiger charge is -2.38. The molecule has 1 fully saturated rings. The van der Waals surface area contributed by atoms with E-state index in [4.69, 9.17) is 9.26 Å². The third kappa shape index (κ3) is 4.00. The lowest BCUT2D eigenvalue weighted by atomic mass is 9.98. The molecule has 0 radical (unpaired) electrons. The second kappa shape index (κ2) is 6.36. The number of aryl methyl sites for hydroxylation is 1. The Balaban J connectivity index is 1.51. The standard InChI is InChI=1S/C18H23N3O3/c1-12-19-16(20-24-12)14-7-5-13(6-8-14)9-21-10-15(11-21)17(22)23-18(2,3)4/h5-8,15H,9-11H2,1-4H3. The molecule has 2 aromatic rings. The van der Waals surface area contributed by atoms with Crippen LogP contribution in [0.1, 0.15) is 32.2 Å². The summed E-state index contributed by atoms with van der Waals surface area (Å²) >= 11 is 0. The Morgan fingerprint density at radius 2 is 1.96 bits per heavy atom. The van der Waals surface area contributed by atoms with Crippen molar-refractivity contribution in [2.75, 3.05) is 13.1 Å². The summed E-state index contributed by atoms with van der Waals surface area (Å²) in [6.07, 6.45) is 0. The number of hydrogen-bond acceptors (Lipinski definition) is 6. The number of aromatic nitrogens is 2. The van der Waals surface area contributed by atoms with Gasteiger partial charge in [0.25, 0.3) is 0 Å². The van der Waals surface area contributed by atoms with Crippen molar-refractivity contribution in [3.8, 4) is 11.4 Å². The van der Waals surface area contributed by atoms with Crippen LogP contribution in [0.5, 0.6) is 0 Å². The normalized spacial score (nSPS) is 16.0. The number of nitrogens with zero attached hydrogens (tertiary/aromatic N) is 3. The van der Waals surface area contributed by atoms with Crippen LogP contribution < -0.4 is 0 Å². The minimum absolute atomic E-state index is 0.00852. The van der Waals surface area contributed by atoms with Crippen molar-refractivity contribution in [1.82, 2.24) is 15.0 Å². The summed E-state index contributed by atoms with van der Waals surface area (Å²) in [4.78, 5) is 18.4. The topological polar surface area (TPSA) is 68.5 Å². The third-order valence-electron chi connectivity index (χ3n) is 3.84. The number of esters is 1. The van der Waals surface area contributed by atoms with Gasteiger partial charge in [0.1, 0.15) is 5.60 Å². The zero-order chi connectivity index (χ0) is 17.3. The summed E-state index contributed by atoms with van der Waals surface area (Å²) in [6, 6.07) is 8.10. The van der Waals surface area contributed by atoms with Gasteiger partial charge in [-0.15, -0.1) is 0 Å². The van der Waals surface area contributed by atoms with Crippen LogP contribution >= 0.6 is 0 Å². The smallest absolute Gasteiger partial charge is 0.312 e. The van der Waals surface area contributed by atoms with Crippen LogP contribution in [0, 0.1) is 12.8 Å².